The average Bonchev–Trinajstić information content (AvgIpc) is 3.37. The molecule has 9 nitrogen and oxygen atoms in total. The van der Waals surface area contributed by atoms with Crippen LogP contribution >= 0.6 is 0 Å². The summed E-state index contributed by atoms with van der Waals surface area (Å²) < 4.78 is 41.4. The number of carbonyl (C=O) groups excluding carboxylic acids is 1. The first kappa shape index (κ1) is 33.5. The molecule has 2 unspecified atom stereocenters. The minimum atomic E-state index is -3.87. The molecular weight excluding hydrogens is 597 g/mol. The molecule has 3 aromatic rings. The number of ether oxygens (including phenoxy) is 2. The van der Waals surface area contributed by atoms with Crippen molar-refractivity contribution in [1.29, 1.82) is 0 Å². The van der Waals surface area contributed by atoms with Crippen LogP contribution in [-0.2, 0) is 37.4 Å². The highest BCUT2D eigenvalue weighted by Gasteiger charge is 2.45. The monoisotopic (exact) mass is 644 g/mol. The average molecular weight is 645 g/mol. The number of nitrogens with zero attached hydrogens (tertiary/aromatic N) is 3. The third-order valence-electron chi connectivity index (χ3n) is 7.88. The zero-order valence-electron chi connectivity index (χ0n) is 26.7. The second-order valence-electron chi connectivity index (χ2n) is 14.1. The Bertz CT molecular complexity index is 1550. The maximum atomic E-state index is 13.4. The topological polar surface area (TPSA) is 117 Å². The quantitative estimate of drug-likeness (QED) is 0.174. The number of imidazole rings is 1. The number of hydrogen-bond donors (Lipinski definition) is 1. The van der Waals surface area contributed by atoms with Gasteiger partial charge >= 0.3 is 0 Å². The number of sulfonamides is 1. The molecule has 43 heavy (non-hydrogen) atoms. The number of para-hydroxylation sites is 2. The number of fused-ring (bicyclic) bond motifs is 1. The van der Waals surface area contributed by atoms with E-state index in [-0.39, 0.29) is 19.2 Å². The van der Waals surface area contributed by atoms with Crippen molar-refractivity contribution in [1.82, 2.24) is 13.9 Å². The van der Waals surface area contributed by atoms with Gasteiger partial charge in [-0.05, 0) is 54.3 Å². The Hall–Kier alpha value is -2.36. The molecule has 0 bridgehead atoms. The highest BCUT2D eigenvalue weighted by molar-refractivity contribution is 7.90. The lowest BCUT2D eigenvalue weighted by Crippen LogP contribution is -2.33. The molecule has 0 saturated carbocycles. The first-order valence-electron chi connectivity index (χ1n) is 15.1. The zero-order chi connectivity index (χ0) is 31.6. The maximum Gasteiger partial charge on any atom is 0.246 e. The fourth-order valence-corrected chi connectivity index (χ4v) is 8.56. The highest BCUT2D eigenvalue weighted by atomic mass is 32.2. The molecule has 1 aliphatic heterocycles. The lowest BCUT2D eigenvalue weighted by molar-refractivity contribution is -0.128. The Labute approximate surface area is 258 Å². The van der Waals surface area contributed by atoms with Crippen molar-refractivity contribution in [2.24, 2.45) is 5.73 Å². The molecule has 1 amide bonds. The van der Waals surface area contributed by atoms with Gasteiger partial charge in [-0.25, -0.2) is 17.7 Å². The van der Waals surface area contributed by atoms with E-state index < -0.39 is 37.3 Å². The molecule has 0 aliphatic carbocycles. The number of carbonyl (C=O) groups is 1. The van der Waals surface area contributed by atoms with Crippen molar-refractivity contribution in [3.05, 3.63) is 65.0 Å². The Morgan fingerprint density at radius 2 is 1.60 bits per heavy atom. The summed E-state index contributed by atoms with van der Waals surface area (Å²) in [7, 11) is -6.40. The zero-order valence-corrected chi connectivity index (χ0v) is 29.5. The first-order chi connectivity index (χ1) is 20.1. The van der Waals surface area contributed by atoms with Crippen LogP contribution in [0.5, 0.6) is 0 Å². The van der Waals surface area contributed by atoms with Gasteiger partial charge in [0, 0.05) is 29.4 Å². The minimum Gasteiger partial charge on any atom is -0.361 e. The molecule has 2 N–H and O–H groups in total. The summed E-state index contributed by atoms with van der Waals surface area (Å²) in [5, 5.41) is -0.916. The summed E-state index contributed by atoms with van der Waals surface area (Å²) in [6.45, 7) is 16.9. The molecule has 0 radical (unpaired) electrons. The largest absolute Gasteiger partial charge is 0.361 e. The maximum absolute atomic E-state index is 13.4. The predicted octanol–water partition coefficient (Wildman–Crippen LogP) is 5.82. The normalized spacial score (nSPS) is 18.1. The van der Waals surface area contributed by atoms with Crippen molar-refractivity contribution in [3.63, 3.8) is 0 Å². The fourth-order valence-electron chi connectivity index (χ4n) is 5.22. The summed E-state index contributed by atoms with van der Waals surface area (Å²) in [5.74, 6) is 0.333. The lowest BCUT2D eigenvalue weighted by atomic mass is 9.97. The summed E-state index contributed by atoms with van der Waals surface area (Å²) in [6, 6.07) is 15.3. The molecule has 2 heterocycles. The molecule has 1 fully saturated rings. The van der Waals surface area contributed by atoms with E-state index in [1.54, 1.807) is 0 Å². The Kier molecular flexibility index (Phi) is 10.4. The van der Waals surface area contributed by atoms with E-state index in [0.29, 0.717) is 31.9 Å². The van der Waals surface area contributed by atoms with E-state index in [2.05, 4.69) is 43.8 Å². The summed E-state index contributed by atoms with van der Waals surface area (Å²) in [4.78, 5) is 17.6. The highest BCUT2D eigenvalue weighted by Crippen LogP contribution is 2.38. The van der Waals surface area contributed by atoms with E-state index >= 15 is 0 Å². The molecule has 2 aromatic carbocycles. The van der Waals surface area contributed by atoms with Gasteiger partial charge in [-0.3, -0.25) is 4.79 Å². The number of nitrogens with two attached hydrogens (primary N) is 1. The van der Waals surface area contributed by atoms with Crippen LogP contribution in [-0.4, -0.2) is 64.3 Å². The van der Waals surface area contributed by atoms with Gasteiger partial charge in [-0.15, -0.1) is 0 Å². The second-order valence-corrected chi connectivity index (χ2v) is 27.3. The molecule has 236 valence electrons. The number of aromatic nitrogens is 2. The van der Waals surface area contributed by atoms with Crippen LogP contribution in [0.1, 0.15) is 40.2 Å². The Morgan fingerprint density at radius 3 is 2.23 bits per heavy atom. The second kappa shape index (κ2) is 13.3. The Morgan fingerprint density at radius 1 is 0.977 bits per heavy atom. The van der Waals surface area contributed by atoms with E-state index in [4.69, 9.17) is 20.2 Å². The van der Waals surface area contributed by atoms with E-state index in [9.17, 15) is 13.2 Å². The number of rotatable bonds is 14. The SMILES string of the molecule is Cc1cc(CC(N)c2nc3ccccc3n2COCC[Si](C)(C)C)ccc1C1CC(=O)N(COCC[Si](C)(C)C)S1(=O)=O. The van der Waals surface area contributed by atoms with Crippen LogP contribution < -0.4 is 5.73 Å². The molecule has 4 rings (SSSR count). The predicted molar refractivity (Wildman–Crippen MR) is 178 cm³/mol. The molecule has 1 aromatic heterocycles. The summed E-state index contributed by atoms with van der Waals surface area (Å²) in [6.07, 6.45) is 0.438. The molecular formula is C31H48N4O5SSi2. The number of aryl methyl sites for hydroxylation is 1. The van der Waals surface area contributed by atoms with Gasteiger partial charge in [-0.2, -0.15) is 0 Å². The molecule has 1 aliphatic rings. The molecule has 0 spiro atoms. The Balaban J connectivity index is 1.47. The van der Waals surface area contributed by atoms with E-state index in [0.717, 1.165) is 44.4 Å². The number of hydrogen-bond acceptors (Lipinski definition) is 7. The van der Waals surface area contributed by atoms with E-state index in [1.165, 1.54) is 0 Å². The minimum absolute atomic E-state index is 0.0822. The number of benzene rings is 2. The van der Waals surface area contributed by atoms with Crippen molar-refractivity contribution in [2.75, 3.05) is 19.9 Å². The van der Waals surface area contributed by atoms with Crippen LogP contribution in [0.15, 0.2) is 42.5 Å². The molecule has 2 atom stereocenters. The van der Waals surface area contributed by atoms with Gasteiger partial charge in [-0.1, -0.05) is 69.6 Å². The van der Waals surface area contributed by atoms with Crippen LogP contribution in [0.25, 0.3) is 11.0 Å². The summed E-state index contributed by atoms with van der Waals surface area (Å²) in [5.41, 5.74) is 11.0. The van der Waals surface area contributed by atoms with Crippen LogP contribution in [0.3, 0.4) is 0 Å². The van der Waals surface area contributed by atoms with E-state index in [1.807, 2.05) is 49.4 Å². The third-order valence-corrected chi connectivity index (χ3v) is 13.4. The molecule has 12 heteroatoms. The smallest absolute Gasteiger partial charge is 0.246 e. The van der Waals surface area contributed by atoms with Crippen LogP contribution in [0.4, 0.5) is 0 Å². The van der Waals surface area contributed by atoms with Gasteiger partial charge in [0.15, 0.2) is 0 Å². The van der Waals surface area contributed by atoms with Crippen molar-refractivity contribution in [3.8, 4) is 0 Å². The van der Waals surface area contributed by atoms with Crippen molar-refractivity contribution < 1.29 is 22.7 Å². The van der Waals surface area contributed by atoms with Crippen molar-refractivity contribution >= 4 is 43.1 Å². The van der Waals surface area contributed by atoms with Gasteiger partial charge in [0.1, 0.15) is 24.5 Å². The van der Waals surface area contributed by atoms with Gasteiger partial charge in [0.2, 0.25) is 15.9 Å². The van der Waals surface area contributed by atoms with Crippen molar-refractivity contribution in [2.45, 2.75) is 89.2 Å². The van der Waals surface area contributed by atoms with Crippen LogP contribution in [0, 0.1) is 6.92 Å². The number of amides is 1. The first-order valence-corrected chi connectivity index (χ1v) is 24.0. The standard InChI is InChI=1S/C31H48N4O5SSi2/c1-23-18-24(12-13-25(23)29-20-30(36)35(41(29,37)38)22-40-15-17-43(5,6)7)19-26(32)31-33-27-10-8-9-11-28(27)34(31)21-39-14-16-42(2,3)4/h8-13,18,26,29H,14-17,19-22,32H2,1-7H3. The van der Waals surface area contributed by atoms with Crippen LogP contribution in [0.2, 0.25) is 51.4 Å². The summed E-state index contributed by atoms with van der Waals surface area (Å²) >= 11 is 0. The van der Waals surface area contributed by atoms with Gasteiger partial charge in [0.05, 0.1) is 23.5 Å². The van der Waals surface area contributed by atoms with Gasteiger partial charge < -0.3 is 19.8 Å². The molecule has 1 saturated heterocycles. The fraction of sp³-hybridized carbons (Fsp3) is 0.548. The third kappa shape index (κ3) is 8.43. The van der Waals surface area contributed by atoms with Gasteiger partial charge in [0.25, 0.3) is 0 Å². The lowest BCUT2D eigenvalue weighted by Gasteiger charge is -2.20.